The second-order valence-corrected chi connectivity index (χ2v) is 5.30. The number of hydrogen-bond donors (Lipinski definition) is 0. The van der Waals surface area contributed by atoms with E-state index >= 15 is 0 Å². The van der Waals surface area contributed by atoms with Gasteiger partial charge in [-0.2, -0.15) is 0 Å². The Hall–Kier alpha value is -1.25. The van der Waals surface area contributed by atoms with Crippen molar-refractivity contribution in [2.45, 2.75) is 39.0 Å². The van der Waals surface area contributed by atoms with Crippen LogP contribution in [0.1, 0.15) is 44.8 Å². The van der Waals surface area contributed by atoms with Gasteiger partial charge in [-0.05, 0) is 36.8 Å². The van der Waals surface area contributed by atoms with Crippen LogP contribution >= 0.6 is 0 Å². The fourth-order valence-corrected chi connectivity index (χ4v) is 2.64. The molecule has 1 saturated carbocycles. The second-order valence-electron chi connectivity index (χ2n) is 5.30. The lowest BCUT2D eigenvalue weighted by atomic mass is 9.70. The van der Waals surface area contributed by atoms with Crippen molar-refractivity contribution in [2.24, 2.45) is 10.6 Å². The lowest BCUT2D eigenvalue weighted by Gasteiger charge is -2.34. The maximum atomic E-state index is 5.50. The fraction of sp³-hybridized carbons (Fsp3) is 0.615. The standard InChI is InChI=1S/C13H19NO2/c1-13(2)8-10(12-5-4-6-16-12)7-11(9-13)14-15-3/h4-6,10H,7-9H2,1-3H3. The lowest BCUT2D eigenvalue weighted by Crippen LogP contribution is -2.28. The van der Waals surface area contributed by atoms with Crippen molar-refractivity contribution in [3.63, 3.8) is 0 Å². The molecule has 1 aliphatic rings. The lowest BCUT2D eigenvalue weighted by molar-refractivity contribution is 0.201. The molecule has 1 unspecified atom stereocenters. The summed E-state index contributed by atoms with van der Waals surface area (Å²) >= 11 is 0. The molecule has 1 aromatic rings. The number of nitrogens with zero attached hydrogens (tertiary/aromatic N) is 1. The van der Waals surface area contributed by atoms with E-state index in [1.807, 2.05) is 6.07 Å². The fourth-order valence-electron chi connectivity index (χ4n) is 2.64. The van der Waals surface area contributed by atoms with Gasteiger partial charge in [-0.1, -0.05) is 19.0 Å². The van der Waals surface area contributed by atoms with Crippen molar-refractivity contribution in [3.05, 3.63) is 24.2 Å². The normalized spacial score (nSPS) is 26.9. The first-order valence-electron chi connectivity index (χ1n) is 5.73. The summed E-state index contributed by atoms with van der Waals surface area (Å²) in [6, 6.07) is 4.00. The molecule has 1 heterocycles. The van der Waals surface area contributed by atoms with Crippen molar-refractivity contribution >= 4 is 5.71 Å². The highest BCUT2D eigenvalue weighted by Crippen LogP contribution is 2.42. The molecule has 3 nitrogen and oxygen atoms in total. The molecule has 3 heteroatoms. The van der Waals surface area contributed by atoms with Gasteiger partial charge in [0.1, 0.15) is 12.9 Å². The zero-order chi connectivity index (χ0) is 11.6. The maximum absolute atomic E-state index is 5.50. The highest BCUT2D eigenvalue weighted by molar-refractivity contribution is 5.86. The molecule has 0 bridgehead atoms. The van der Waals surface area contributed by atoms with E-state index in [-0.39, 0.29) is 5.41 Å². The topological polar surface area (TPSA) is 34.7 Å². The first-order chi connectivity index (χ1) is 7.61. The molecule has 1 aliphatic carbocycles. The van der Waals surface area contributed by atoms with Crippen LogP contribution in [0.3, 0.4) is 0 Å². The van der Waals surface area contributed by atoms with E-state index in [0.29, 0.717) is 5.92 Å². The smallest absolute Gasteiger partial charge is 0.107 e. The van der Waals surface area contributed by atoms with Gasteiger partial charge >= 0.3 is 0 Å². The van der Waals surface area contributed by atoms with Crippen molar-refractivity contribution in [2.75, 3.05) is 7.11 Å². The Morgan fingerprint density at radius 3 is 2.94 bits per heavy atom. The average Bonchev–Trinajstić information content (AvgIpc) is 2.68. The molecule has 0 amide bonds. The van der Waals surface area contributed by atoms with Crippen LogP contribution < -0.4 is 0 Å². The van der Waals surface area contributed by atoms with Crippen LogP contribution in [0, 0.1) is 5.41 Å². The molecule has 0 N–H and O–H groups in total. The quantitative estimate of drug-likeness (QED) is 0.715. The van der Waals surface area contributed by atoms with Gasteiger partial charge in [0.2, 0.25) is 0 Å². The Kier molecular flexibility index (Phi) is 3.03. The zero-order valence-electron chi connectivity index (χ0n) is 10.2. The molecule has 88 valence electrons. The van der Waals surface area contributed by atoms with Gasteiger partial charge in [0.15, 0.2) is 0 Å². The van der Waals surface area contributed by atoms with Crippen molar-refractivity contribution in [1.29, 1.82) is 0 Å². The SMILES string of the molecule is CON=C1CC(c2ccco2)CC(C)(C)C1. The van der Waals surface area contributed by atoms with Gasteiger partial charge in [-0.15, -0.1) is 0 Å². The third-order valence-electron chi connectivity index (χ3n) is 3.13. The number of oxime groups is 1. The molecule has 2 rings (SSSR count). The van der Waals surface area contributed by atoms with Crippen LogP contribution in [-0.2, 0) is 4.84 Å². The van der Waals surface area contributed by atoms with Crippen LogP contribution in [0.2, 0.25) is 0 Å². The van der Waals surface area contributed by atoms with E-state index in [1.165, 1.54) is 0 Å². The van der Waals surface area contributed by atoms with Crippen LogP contribution in [0.4, 0.5) is 0 Å². The Labute approximate surface area is 96.5 Å². The Morgan fingerprint density at radius 2 is 2.31 bits per heavy atom. The summed E-state index contributed by atoms with van der Waals surface area (Å²) in [5.74, 6) is 1.50. The molecule has 0 spiro atoms. The van der Waals surface area contributed by atoms with E-state index in [4.69, 9.17) is 9.25 Å². The zero-order valence-corrected chi connectivity index (χ0v) is 10.2. The van der Waals surface area contributed by atoms with E-state index in [9.17, 15) is 0 Å². The van der Waals surface area contributed by atoms with Gasteiger partial charge in [-0.25, -0.2) is 0 Å². The van der Waals surface area contributed by atoms with Crippen molar-refractivity contribution in [1.82, 2.24) is 0 Å². The largest absolute Gasteiger partial charge is 0.469 e. The van der Waals surface area contributed by atoms with Crippen LogP contribution in [-0.4, -0.2) is 12.8 Å². The van der Waals surface area contributed by atoms with Crippen LogP contribution in [0.25, 0.3) is 0 Å². The number of hydrogen-bond acceptors (Lipinski definition) is 3. The number of rotatable bonds is 2. The molecule has 0 aliphatic heterocycles. The first kappa shape index (κ1) is 11.2. The third kappa shape index (κ3) is 2.46. The van der Waals surface area contributed by atoms with E-state index in [1.54, 1.807) is 13.4 Å². The molecular formula is C13H19NO2. The van der Waals surface area contributed by atoms with Gasteiger partial charge < -0.3 is 9.25 Å². The third-order valence-corrected chi connectivity index (χ3v) is 3.13. The summed E-state index contributed by atoms with van der Waals surface area (Å²) < 4.78 is 5.50. The van der Waals surface area contributed by atoms with Crippen LogP contribution in [0.5, 0.6) is 0 Å². The molecule has 0 aromatic carbocycles. The summed E-state index contributed by atoms with van der Waals surface area (Å²) in [7, 11) is 1.61. The molecule has 16 heavy (non-hydrogen) atoms. The monoisotopic (exact) mass is 221 g/mol. The summed E-state index contributed by atoms with van der Waals surface area (Å²) in [6.45, 7) is 4.54. The predicted octanol–water partition coefficient (Wildman–Crippen LogP) is 3.58. The van der Waals surface area contributed by atoms with E-state index in [0.717, 1.165) is 30.7 Å². The molecule has 1 aromatic heterocycles. The Balaban J connectivity index is 2.18. The number of furan rings is 1. The highest BCUT2D eigenvalue weighted by atomic mass is 16.6. The van der Waals surface area contributed by atoms with Crippen molar-refractivity contribution < 1.29 is 9.25 Å². The molecular weight excluding hydrogens is 202 g/mol. The van der Waals surface area contributed by atoms with Gasteiger partial charge in [0.25, 0.3) is 0 Å². The van der Waals surface area contributed by atoms with Crippen molar-refractivity contribution in [3.8, 4) is 0 Å². The van der Waals surface area contributed by atoms with Crippen LogP contribution in [0.15, 0.2) is 28.0 Å². The maximum Gasteiger partial charge on any atom is 0.107 e. The summed E-state index contributed by atoms with van der Waals surface area (Å²) in [5.41, 5.74) is 1.41. The first-order valence-corrected chi connectivity index (χ1v) is 5.73. The highest BCUT2D eigenvalue weighted by Gasteiger charge is 2.34. The minimum absolute atomic E-state index is 0.271. The van der Waals surface area contributed by atoms with Gasteiger partial charge in [0, 0.05) is 5.92 Å². The molecule has 1 fully saturated rings. The van der Waals surface area contributed by atoms with Gasteiger partial charge in [-0.3, -0.25) is 0 Å². The average molecular weight is 221 g/mol. The van der Waals surface area contributed by atoms with E-state index in [2.05, 4.69) is 25.1 Å². The minimum Gasteiger partial charge on any atom is -0.469 e. The van der Waals surface area contributed by atoms with E-state index < -0.39 is 0 Å². The molecule has 0 saturated heterocycles. The minimum atomic E-state index is 0.271. The molecule has 0 radical (unpaired) electrons. The summed E-state index contributed by atoms with van der Waals surface area (Å²) in [4.78, 5) is 4.90. The Morgan fingerprint density at radius 1 is 1.50 bits per heavy atom. The van der Waals surface area contributed by atoms with Gasteiger partial charge in [0.05, 0.1) is 12.0 Å². The second kappa shape index (κ2) is 4.32. The molecule has 1 atom stereocenters. The summed E-state index contributed by atoms with van der Waals surface area (Å²) in [6.07, 6.45) is 4.84. The Bertz CT molecular complexity index is 365. The predicted molar refractivity (Wildman–Crippen MR) is 63.5 cm³/mol. The summed E-state index contributed by atoms with van der Waals surface area (Å²) in [5, 5.41) is 4.11.